The monoisotopic (exact) mass is 243 g/mol. The molecule has 1 aliphatic rings. The van der Waals surface area contributed by atoms with Crippen LogP contribution in [0.25, 0.3) is 0 Å². The molecule has 1 aromatic carbocycles. The molecule has 1 fully saturated rings. The Hall–Kier alpha value is -1.46. The summed E-state index contributed by atoms with van der Waals surface area (Å²) >= 11 is 0. The number of methoxy groups -OCH3 is 1. The Morgan fingerprint density at radius 2 is 2.06 bits per heavy atom. The predicted octanol–water partition coefficient (Wildman–Crippen LogP) is 2.94. The van der Waals surface area contributed by atoms with E-state index in [0.29, 0.717) is 12.0 Å². The van der Waals surface area contributed by atoms with Crippen LogP contribution in [0.2, 0.25) is 0 Å². The fourth-order valence-corrected chi connectivity index (χ4v) is 2.43. The van der Waals surface area contributed by atoms with E-state index in [-0.39, 0.29) is 0 Å². The number of terminal acetylenes is 1. The summed E-state index contributed by atoms with van der Waals surface area (Å²) in [5.74, 6) is 4.31. The molecule has 0 radical (unpaired) electrons. The molecule has 0 amide bonds. The van der Waals surface area contributed by atoms with Crippen molar-refractivity contribution in [1.29, 1.82) is 0 Å². The number of hydrogen-bond donors (Lipinski definition) is 1. The van der Waals surface area contributed by atoms with Crippen molar-refractivity contribution in [2.45, 2.75) is 37.6 Å². The molecule has 0 aliphatic heterocycles. The number of benzene rings is 1. The second kappa shape index (κ2) is 6.47. The highest BCUT2D eigenvalue weighted by Gasteiger charge is 2.29. The number of nitrogens with one attached hydrogen (secondary N) is 1. The van der Waals surface area contributed by atoms with E-state index in [1.807, 2.05) is 12.1 Å². The van der Waals surface area contributed by atoms with Gasteiger partial charge >= 0.3 is 0 Å². The Balaban J connectivity index is 1.70. The third-order valence-corrected chi connectivity index (χ3v) is 3.66. The SMILES string of the molecule is C#CCCCNC1CC(c2ccc(OC)cc2)C1. The van der Waals surface area contributed by atoms with Gasteiger partial charge in [-0.25, -0.2) is 0 Å². The Kier molecular flexibility index (Phi) is 4.66. The van der Waals surface area contributed by atoms with Crippen molar-refractivity contribution in [1.82, 2.24) is 5.32 Å². The maximum Gasteiger partial charge on any atom is 0.118 e. The third kappa shape index (κ3) is 3.27. The minimum absolute atomic E-state index is 0.676. The van der Waals surface area contributed by atoms with E-state index in [1.165, 1.54) is 18.4 Å². The van der Waals surface area contributed by atoms with E-state index in [9.17, 15) is 0 Å². The molecule has 0 unspecified atom stereocenters. The molecular weight excluding hydrogens is 222 g/mol. The van der Waals surface area contributed by atoms with Crippen molar-refractivity contribution in [2.75, 3.05) is 13.7 Å². The van der Waals surface area contributed by atoms with Crippen molar-refractivity contribution >= 4 is 0 Å². The Morgan fingerprint density at radius 1 is 1.33 bits per heavy atom. The molecule has 0 atom stereocenters. The molecule has 2 heteroatoms. The van der Waals surface area contributed by atoms with Gasteiger partial charge in [0.05, 0.1) is 7.11 Å². The molecule has 1 aliphatic carbocycles. The summed E-state index contributed by atoms with van der Waals surface area (Å²) in [5, 5.41) is 3.56. The van der Waals surface area contributed by atoms with Crippen LogP contribution >= 0.6 is 0 Å². The highest BCUT2D eigenvalue weighted by atomic mass is 16.5. The number of unbranched alkanes of at least 4 members (excludes halogenated alkanes) is 1. The van der Waals surface area contributed by atoms with Crippen LogP contribution in [0.5, 0.6) is 5.75 Å². The number of rotatable bonds is 6. The zero-order valence-electron chi connectivity index (χ0n) is 11.0. The fourth-order valence-electron chi connectivity index (χ4n) is 2.43. The Bertz CT molecular complexity index is 398. The van der Waals surface area contributed by atoms with Gasteiger partial charge in [0.2, 0.25) is 0 Å². The standard InChI is InChI=1S/C16H21NO/c1-3-4-5-10-17-15-11-14(12-15)13-6-8-16(18-2)9-7-13/h1,6-9,14-15,17H,4-5,10-12H2,2H3. The molecule has 0 heterocycles. The van der Waals surface area contributed by atoms with Crippen LogP contribution in [0.4, 0.5) is 0 Å². The number of ether oxygens (including phenoxy) is 1. The second-order valence-electron chi connectivity index (χ2n) is 4.90. The molecule has 2 nitrogen and oxygen atoms in total. The van der Waals surface area contributed by atoms with Crippen molar-refractivity contribution in [2.24, 2.45) is 0 Å². The molecule has 0 bridgehead atoms. The van der Waals surface area contributed by atoms with Crippen molar-refractivity contribution < 1.29 is 4.74 Å². The minimum atomic E-state index is 0.676. The summed E-state index contributed by atoms with van der Waals surface area (Å²) in [7, 11) is 1.70. The first-order valence-corrected chi connectivity index (χ1v) is 6.64. The van der Waals surface area contributed by atoms with Crippen LogP contribution in [0.15, 0.2) is 24.3 Å². The van der Waals surface area contributed by atoms with Gasteiger partial charge in [-0.1, -0.05) is 12.1 Å². The van der Waals surface area contributed by atoms with Gasteiger partial charge < -0.3 is 10.1 Å². The smallest absolute Gasteiger partial charge is 0.118 e. The molecule has 2 rings (SSSR count). The van der Waals surface area contributed by atoms with E-state index >= 15 is 0 Å². The molecule has 96 valence electrons. The zero-order valence-corrected chi connectivity index (χ0v) is 11.0. The molecular formula is C16H21NO. The van der Waals surface area contributed by atoms with Crippen LogP contribution in [-0.4, -0.2) is 19.7 Å². The van der Waals surface area contributed by atoms with Gasteiger partial charge in [-0.3, -0.25) is 0 Å². The van der Waals surface area contributed by atoms with E-state index in [4.69, 9.17) is 11.2 Å². The van der Waals surface area contributed by atoms with Crippen LogP contribution in [0.3, 0.4) is 0 Å². The lowest BCUT2D eigenvalue weighted by molar-refractivity contribution is 0.291. The van der Waals surface area contributed by atoms with Gasteiger partial charge in [-0.05, 0) is 49.4 Å². The van der Waals surface area contributed by atoms with E-state index < -0.39 is 0 Å². The van der Waals surface area contributed by atoms with E-state index in [0.717, 1.165) is 25.1 Å². The highest BCUT2D eigenvalue weighted by Crippen LogP contribution is 2.37. The lowest BCUT2D eigenvalue weighted by atomic mass is 9.76. The largest absolute Gasteiger partial charge is 0.497 e. The fraction of sp³-hybridized carbons (Fsp3) is 0.500. The minimum Gasteiger partial charge on any atom is -0.497 e. The molecule has 1 N–H and O–H groups in total. The summed E-state index contributed by atoms with van der Waals surface area (Å²) < 4.78 is 5.17. The normalized spacial score (nSPS) is 22.0. The lowest BCUT2D eigenvalue weighted by Gasteiger charge is -2.36. The van der Waals surface area contributed by atoms with Crippen LogP contribution in [0, 0.1) is 12.3 Å². The molecule has 1 aromatic rings. The average molecular weight is 243 g/mol. The summed E-state index contributed by atoms with van der Waals surface area (Å²) in [6, 6.07) is 9.12. The topological polar surface area (TPSA) is 21.3 Å². The van der Waals surface area contributed by atoms with E-state index in [1.54, 1.807) is 7.11 Å². The van der Waals surface area contributed by atoms with E-state index in [2.05, 4.69) is 23.4 Å². The highest BCUT2D eigenvalue weighted by molar-refractivity contribution is 5.30. The summed E-state index contributed by atoms with van der Waals surface area (Å²) in [6.07, 6.45) is 9.66. The predicted molar refractivity (Wildman–Crippen MR) is 74.8 cm³/mol. The molecule has 0 spiro atoms. The molecule has 0 saturated heterocycles. The van der Waals surface area contributed by atoms with Crippen molar-refractivity contribution in [3.63, 3.8) is 0 Å². The van der Waals surface area contributed by atoms with Gasteiger partial charge in [0, 0.05) is 12.5 Å². The Labute approximate surface area is 110 Å². The molecule has 18 heavy (non-hydrogen) atoms. The maximum absolute atomic E-state index is 5.23. The van der Waals surface area contributed by atoms with Crippen LogP contribution < -0.4 is 10.1 Å². The van der Waals surface area contributed by atoms with Gasteiger partial charge in [-0.2, -0.15) is 0 Å². The summed E-state index contributed by atoms with van der Waals surface area (Å²) in [4.78, 5) is 0. The van der Waals surface area contributed by atoms with Crippen LogP contribution in [-0.2, 0) is 0 Å². The lowest BCUT2D eigenvalue weighted by Crippen LogP contribution is -2.40. The quantitative estimate of drug-likeness (QED) is 0.612. The average Bonchev–Trinajstić information content (AvgIpc) is 2.37. The van der Waals surface area contributed by atoms with Gasteiger partial charge in [0.25, 0.3) is 0 Å². The first-order valence-electron chi connectivity index (χ1n) is 6.64. The second-order valence-corrected chi connectivity index (χ2v) is 4.90. The first-order chi connectivity index (χ1) is 8.83. The first kappa shape index (κ1) is 13.0. The number of hydrogen-bond acceptors (Lipinski definition) is 2. The maximum atomic E-state index is 5.23. The zero-order chi connectivity index (χ0) is 12.8. The van der Waals surface area contributed by atoms with Crippen molar-refractivity contribution in [3.8, 4) is 18.1 Å². The van der Waals surface area contributed by atoms with Crippen molar-refractivity contribution in [3.05, 3.63) is 29.8 Å². The van der Waals surface area contributed by atoms with Gasteiger partial charge in [0.15, 0.2) is 0 Å². The Morgan fingerprint density at radius 3 is 2.67 bits per heavy atom. The molecule has 1 saturated carbocycles. The van der Waals surface area contributed by atoms with Gasteiger partial charge in [0.1, 0.15) is 5.75 Å². The summed E-state index contributed by atoms with van der Waals surface area (Å²) in [5.41, 5.74) is 1.43. The molecule has 0 aromatic heterocycles. The van der Waals surface area contributed by atoms with Crippen LogP contribution in [0.1, 0.15) is 37.2 Å². The third-order valence-electron chi connectivity index (χ3n) is 3.66. The van der Waals surface area contributed by atoms with Gasteiger partial charge in [-0.15, -0.1) is 12.3 Å². The summed E-state index contributed by atoms with van der Waals surface area (Å²) in [6.45, 7) is 1.05.